The molecule has 0 saturated carbocycles. The molecule has 1 amide bonds. The highest BCUT2D eigenvalue weighted by atomic mass is 32.2. The SMILES string of the molecule is O=C(CS(=O)(=O)c1ccccn1)NCCc1ccccc1. The van der Waals surface area contributed by atoms with Gasteiger partial charge in [-0.3, -0.25) is 4.79 Å². The number of pyridine rings is 1. The van der Waals surface area contributed by atoms with Crippen molar-refractivity contribution in [3.8, 4) is 0 Å². The van der Waals surface area contributed by atoms with E-state index in [-0.39, 0.29) is 5.03 Å². The van der Waals surface area contributed by atoms with Crippen LogP contribution >= 0.6 is 0 Å². The maximum absolute atomic E-state index is 12.0. The monoisotopic (exact) mass is 304 g/mol. The normalized spacial score (nSPS) is 11.0. The molecule has 0 atom stereocenters. The lowest BCUT2D eigenvalue weighted by Gasteiger charge is -2.06. The van der Waals surface area contributed by atoms with Crippen molar-refractivity contribution in [1.82, 2.24) is 10.3 Å². The van der Waals surface area contributed by atoms with Gasteiger partial charge in [-0.05, 0) is 24.1 Å². The summed E-state index contributed by atoms with van der Waals surface area (Å²) in [6.45, 7) is 0.403. The Balaban J connectivity index is 1.85. The lowest BCUT2D eigenvalue weighted by Crippen LogP contribution is -2.32. The second-order valence-corrected chi connectivity index (χ2v) is 6.45. The predicted octanol–water partition coefficient (Wildman–Crippen LogP) is 1.21. The number of rotatable bonds is 6. The van der Waals surface area contributed by atoms with Gasteiger partial charge in [-0.15, -0.1) is 0 Å². The molecule has 1 heterocycles. The summed E-state index contributed by atoms with van der Waals surface area (Å²) in [5.41, 5.74) is 1.09. The van der Waals surface area contributed by atoms with Gasteiger partial charge >= 0.3 is 0 Å². The van der Waals surface area contributed by atoms with Crippen LogP contribution in [0.3, 0.4) is 0 Å². The Morgan fingerprint density at radius 3 is 2.43 bits per heavy atom. The summed E-state index contributed by atoms with van der Waals surface area (Å²) in [5.74, 6) is -1.10. The molecular formula is C15H16N2O3S. The zero-order chi connectivity index (χ0) is 15.1. The van der Waals surface area contributed by atoms with Crippen LogP contribution in [0.15, 0.2) is 59.8 Å². The minimum Gasteiger partial charge on any atom is -0.355 e. The van der Waals surface area contributed by atoms with Crippen LogP contribution in [0, 0.1) is 0 Å². The standard InChI is InChI=1S/C15H16N2O3S/c18-14(16-11-9-13-6-2-1-3-7-13)12-21(19,20)15-8-4-5-10-17-15/h1-8,10H,9,11-12H2,(H,16,18). The van der Waals surface area contributed by atoms with Gasteiger partial charge in [-0.2, -0.15) is 0 Å². The van der Waals surface area contributed by atoms with Crippen molar-refractivity contribution in [1.29, 1.82) is 0 Å². The average molecular weight is 304 g/mol. The highest BCUT2D eigenvalue weighted by molar-refractivity contribution is 7.92. The van der Waals surface area contributed by atoms with Gasteiger partial charge in [0.1, 0.15) is 5.75 Å². The quantitative estimate of drug-likeness (QED) is 0.870. The average Bonchev–Trinajstić information content (AvgIpc) is 2.49. The minimum atomic E-state index is -3.68. The molecule has 1 N–H and O–H groups in total. The second-order valence-electron chi connectivity index (χ2n) is 4.51. The Bertz CT molecular complexity index is 685. The molecule has 110 valence electrons. The molecule has 1 aromatic heterocycles. The number of hydrogen-bond donors (Lipinski definition) is 1. The fourth-order valence-electron chi connectivity index (χ4n) is 1.82. The summed E-state index contributed by atoms with van der Waals surface area (Å²) in [6.07, 6.45) is 2.05. The van der Waals surface area contributed by atoms with Crippen molar-refractivity contribution in [3.63, 3.8) is 0 Å². The number of hydrogen-bond acceptors (Lipinski definition) is 4. The van der Waals surface area contributed by atoms with Gasteiger partial charge in [-0.25, -0.2) is 13.4 Å². The number of carbonyl (C=O) groups excluding carboxylic acids is 1. The molecule has 0 aliphatic rings. The van der Waals surface area contributed by atoms with Crippen LogP contribution in [0.5, 0.6) is 0 Å². The minimum absolute atomic E-state index is 0.0804. The molecule has 21 heavy (non-hydrogen) atoms. The summed E-state index contributed by atoms with van der Waals surface area (Å²) >= 11 is 0. The largest absolute Gasteiger partial charge is 0.355 e. The number of nitrogens with one attached hydrogen (secondary N) is 1. The fraction of sp³-hybridized carbons (Fsp3) is 0.200. The number of carbonyl (C=O) groups is 1. The van der Waals surface area contributed by atoms with Crippen LogP contribution in [0.2, 0.25) is 0 Å². The van der Waals surface area contributed by atoms with E-state index in [1.54, 1.807) is 12.1 Å². The first-order valence-corrected chi connectivity index (χ1v) is 8.17. The van der Waals surface area contributed by atoms with Gasteiger partial charge in [0, 0.05) is 12.7 Å². The molecular weight excluding hydrogens is 288 g/mol. The van der Waals surface area contributed by atoms with E-state index in [0.29, 0.717) is 13.0 Å². The van der Waals surface area contributed by atoms with Crippen molar-refractivity contribution in [2.45, 2.75) is 11.4 Å². The van der Waals surface area contributed by atoms with Crippen molar-refractivity contribution < 1.29 is 13.2 Å². The van der Waals surface area contributed by atoms with Gasteiger partial charge in [0.2, 0.25) is 15.7 Å². The van der Waals surface area contributed by atoms with Crippen LogP contribution < -0.4 is 5.32 Å². The molecule has 0 spiro atoms. The molecule has 2 rings (SSSR count). The molecule has 0 aliphatic heterocycles. The first kappa shape index (κ1) is 15.2. The van der Waals surface area contributed by atoms with E-state index in [9.17, 15) is 13.2 Å². The third-order valence-corrected chi connectivity index (χ3v) is 4.38. The molecule has 0 saturated heterocycles. The summed E-state index contributed by atoms with van der Waals surface area (Å²) in [6, 6.07) is 14.2. The third-order valence-electron chi connectivity index (χ3n) is 2.86. The van der Waals surface area contributed by atoms with E-state index >= 15 is 0 Å². The van der Waals surface area contributed by atoms with Crippen molar-refractivity contribution >= 4 is 15.7 Å². The summed E-state index contributed by atoms with van der Waals surface area (Å²) in [7, 11) is -3.68. The van der Waals surface area contributed by atoms with Gasteiger partial charge in [0.15, 0.2) is 5.03 Å². The number of nitrogens with zero attached hydrogens (tertiary/aromatic N) is 1. The summed E-state index contributed by atoms with van der Waals surface area (Å²) in [4.78, 5) is 15.5. The molecule has 0 fully saturated rings. The molecule has 1 aromatic carbocycles. The molecule has 0 aliphatic carbocycles. The molecule has 0 unspecified atom stereocenters. The Morgan fingerprint density at radius 1 is 1.05 bits per heavy atom. The van der Waals surface area contributed by atoms with Crippen LogP contribution in [-0.4, -0.2) is 31.6 Å². The molecule has 0 bridgehead atoms. The maximum Gasteiger partial charge on any atom is 0.235 e. The highest BCUT2D eigenvalue weighted by Crippen LogP contribution is 2.06. The van der Waals surface area contributed by atoms with Gasteiger partial charge < -0.3 is 5.32 Å². The van der Waals surface area contributed by atoms with Crippen LogP contribution in [0.1, 0.15) is 5.56 Å². The van der Waals surface area contributed by atoms with Crippen LogP contribution in [0.4, 0.5) is 0 Å². The molecule has 2 aromatic rings. The lowest BCUT2D eigenvalue weighted by molar-refractivity contribution is -0.118. The molecule has 6 heteroatoms. The van der Waals surface area contributed by atoms with Crippen molar-refractivity contribution in [2.24, 2.45) is 0 Å². The second kappa shape index (κ2) is 6.99. The number of sulfone groups is 1. The maximum atomic E-state index is 12.0. The third kappa shape index (κ3) is 4.68. The zero-order valence-corrected chi connectivity index (χ0v) is 12.2. The lowest BCUT2D eigenvalue weighted by atomic mass is 10.1. The molecule has 0 radical (unpaired) electrons. The zero-order valence-electron chi connectivity index (χ0n) is 11.4. The van der Waals surface area contributed by atoms with E-state index < -0.39 is 21.5 Å². The number of aromatic nitrogens is 1. The van der Waals surface area contributed by atoms with E-state index in [1.165, 1.54) is 12.3 Å². The topological polar surface area (TPSA) is 76.1 Å². The smallest absolute Gasteiger partial charge is 0.235 e. The summed E-state index contributed by atoms with van der Waals surface area (Å²) in [5, 5.41) is 2.53. The number of amides is 1. The van der Waals surface area contributed by atoms with E-state index in [1.807, 2.05) is 30.3 Å². The Kier molecular flexibility index (Phi) is 5.05. The van der Waals surface area contributed by atoms with Crippen molar-refractivity contribution in [3.05, 3.63) is 60.3 Å². The van der Waals surface area contributed by atoms with Crippen molar-refractivity contribution in [2.75, 3.05) is 12.3 Å². The first-order valence-electron chi connectivity index (χ1n) is 6.52. The number of benzene rings is 1. The van der Waals surface area contributed by atoms with Crippen LogP contribution in [0.25, 0.3) is 0 Å². The van der Waals surface area contributed by atoms with E-state index in [4.69, 9.17) is 0 Å². The molecule has 5 nitrogen and oxygen atoms in total. The van der Waals surface area contributed by atoms with Crippen LogP contribution in [-0.2, 0) is 21.1 Å². The van der Waals surface area contributed by atoms with Gasteiger partial charge in [0.05, 0.1) is 0 Å². The van der Waals surface area contributed by atoms with Gasteiger partial charge in [0.25, 0.3) is 0 Å². The Hall–Kier alpha value is -2.21. The fourth-order valence-corrected chi connectivity index (χ4v) is 2.92. The van der Waals surface area contributed by atoms with Gasteiger partial charge in [-0.1, -0.05) is 36.4 Å². The first-order chi connectivity index (χ1) is 10.1. The summed E-state index contributed by atoms with van der Waals surface area (Å²) < 4.78 is 23.9. The highest BCUT2D eigenvalue weighted by Gasteiger charge is 2.19. The van der Waals surface area contributed by atoms with E-state index in [0.717, 1.165) is 5.56 Å². The Morgan fingerprint density at radius 2 is 1.76 bits per heavy atom. The Labute approximate surface area is 124 Å². The van der Waals surface area contributed by atoms with E-state index in [2.05, 4.69) is 10.3 Å². The predicted molar refractivity (Wildman–Crippen MR) is 79.4 cm³/mol.